The molecule has 0 aliphatic carbocycles. The van der Waals surface area contributed by atoms with E-state index in [0.717, 1.165) is 12.0 Å². The Balaban J connectivity index is 3.25. The predicted octanol–water partition coefficient (Wildman–Crippen LogP) is 3.17. The summed E-state index contributed by atoms with van der Waals surface area (Å²) in [4.78, 5) is 0. The molecule has 0 radical (unpaired) electrons. The lowest BCUT2D eigenvalue weighted by molar-refractivity contribution is 0.586. The maximum absolute atomic E-state index is 13.4. The van der Waals surface area contributed by atoms with E-state index in [9.17, 15) is 4.39 Å². The molecule has 1 nitrogen and oxygen atoms in total. The largest absolute Gasteiger partial charge is 0.324 e. The first-order valence-electron chi connectivity index (χ1n) is 4.29. The fourth-order valence-electron chi connectivity index (χ4n) is 1.20. The SMILES string of the molecule is CCc1cc(Br)c(F)c([C@@H](C)N)c1. The van der Waals surface area contributed by atoms with Crippen molar-refractivity contribution in [2.45, 2.75) is 26.3 Å². The Morgan fingerprint density at radius 2 is 2.15 bits per heavy atom. The zero-order chi connectivity index (χ0) is 10.0. The molecule has 0 saturated heterocycles. The van der Waals surface area contributed by atoms with Crippen LogP contribution in [0.25, 0.3) is 0 Å². The van der Waals surface area contributed by atoms with E-state index in [2.05, 4.69) is 15.9 Å². The summed E-state index contributed by atoms with van der Waals surface area (Å²) in [6.07, 6.45) is 0.888. The fourth-order valence-corrected chi connectivity index (χ4v) is 1.73. The number of halogens is 2. The molecule has 13 heavy (non-hydrogen) atoms. The van der Waals surface area contributed by atoms with Crippen molar-refractivity contribution < 1.29 is 4.39 Å². The van der Waals surface area contributed by atoms with Crippen molar-refractivity contribution >= 4 is 15.9 Å². The third kappa shape index (κ3) is 2.29. The van der Waals surface area contributed by atoms with Gasteiger partial charge in [-0.15, -0.1) is 0 Å². The Labute approximate surface area is 86.3 Å². The molecule has 0 aliphatic rings. The van der Waals surface area contributed by atoms with E-state index < -0.39 is 0 Å². The quantitative estimate of drug-likeness (QED) is 0.852. The van der Waals surface area contributed by atoms with Crippen molar-refractivity contribution in [3.63, 3.8) is 0 Å². The predicted molar refractivity (Wildman–Crippen MR) is 56.1 cm³/mol. The highest BCUT2D eigenvalue weighted by atomic mass is 79.9. The Hall–Kier alpha value is -0.410. The standard InChI is InChI=1S/C10H13BrFN/c1-3-7-4-8(6(2)13)10(12)9(11)5-7/h4-6H,3,13H2,1-2H3/t6-/m1/s1. The maximum Gasteiger partial charge on any atom is 0.142 e. The van der Waals surface area contributed by atoms with E-state index in [1.165, 1.54) is 0 Å². The second-order valence-electron chi connectivity index (χ2n) is 3.12. The molecule has 3 heteroatoms. The van der Waals surface area contributed by atoms with Crippen LogP contribution in [0.2, 0.25) is 0 Å². The number of hydrogen-bond acceptors (Lipinski definition) is 1. The van der Waals surface area contributed by atoms with Crippen molar-refractivity contribution in [1.82, 2.24) is 0 Å². The van der Waals surface area contributed by atoms with E-state index in [1.54, 1.807) is 13.0 Å². The third-order valence-electron chi connectivity index (χ3n) is 2.01. The first-order chi connectivity index (χ1) is 6.06. The Kier molecular flexibility index (Phi) is 3.45. The minimum atomic E-state index is -0.261. The molecule has 0 saturated carbocycles. The molecule has 1 atom stereocenters. The first-order valence-corrected chi connectivity index (χ1v) is 5.09. The molecule has 2 N–H and O–H groups in total. The van der Waals surface area contributed by atoms with E-state index in [4.69, 9.17) is 5.73 Å². The maximum atomic E-state index is 13.4. The van der Waals surface area contributed by atoms with E-state index in [0.29, 0.717) is 10.0 Å². The Morgan fingerprint density at radius 3 is 2.62 bits per heavy atom. The van der Waals surface area contributed by atoms with Gasteiger partial charge in [0.2, 0.25) is 0 Å². The van der Waals surface area contributed by atoms with Crippen LogP contribution in [0.1, 0.15) is 31.0 Å². The normalized spacial score (nSPS) is 13.0. The van der Waals surface area contributed by atoms with Crippen LogP contribution < -0.4 is 5.73 Å². The molecule has 0 fully saturated rings. The van der Waals surface area contributed by atoms with E-state index in [-0.39, 0.29) is 11.9 Å². The molecule has 0 bridgehead atoms. The minimum Gasteiger partial charge on any atom is -0.324 e. The topological polar surface area (TPSA) is 26.0 Å². The van der Waals surface area contributed by atoms with E-state index in [1.807, 2.05) is 13.0 Å². The monoisotopic (exact) mass is 245 g/mol. The van der Waals surface area contributed by atoms with Gasteiger partial charge in [-0.25, -0.2) is 4.39 Å². The van der Waals surface area contributed by atoms with Gasteiger partial charge in [0.1, 0.15) is 5.82 Å². The Bertz CT molecular complexity index is 310. The lowest BCUT2D eigenvalue weighted by atomic mass is 10.0. The average molecular weight is 246 g/mol. The van der Waals surface area contributed by atoms with Crippen molar-refractivity contribution in [2.75, 3.05) is 0 Å². The number of benzene rings is 1. The van der Waals surface area contributed by atoms with Crippen LogP contribution in [0.3, 0.4) is 0 Å². The van der Waals surface area contributed by atoms with Gasteiger partial charge in [0, 0.05) is 11.6 Å². The molecule has 0 amide bonds. The summed E-state index contributed by atoms with van der Waals surface area (Å²) >= 11 is 3.18. The summed E-state index contributed by atoms with van der Waals surface area (Å²) in [5.74, 6) is -0.243. The highest BCUT2D eigenvalue weighted by Crippen LogP contribution is 2.25. The van der Waals surface area contributed by atoms with Crippen LogP contribution in [0.15, 0.2) is 16.6 Å². The summed E-state index contributed by atoms with van der Waals surface area (Å²) < 4.78 is 13.9. The number of aryl methyl sites for hydroxylation is 1. The van der Waals surface area contributed by atoms with Crippen LogP contribution in [-0.4, -0.2) is 0 Å². The summed E-state index contributed by atoms with van der Waals surface area (Å²) in [7, 11) is 0. The second-order valence-corrected chi connectivity index (χ2v) is 3.98. The average Bonchev–Trinajstić information content (AvgIpc) is 2.09. The van der Waals surface area contributed by atoms with Gasteiger partial charge in [0.15, 0.2) is 0 Å². The number of hydrogen-bond donors (Lipinski definition) is 1. The lowest BCUT2D eigenvalue weighted by Gasteiger charge is -2.10. The van der Waals surface area contributed by atoms with E-state index >= 15 is 0 Å². The molecule has 0 heterocycles. The summed E-state index contributed by atoms with van der Waals surface area (Å²) in [5, 5.41) is 0. The molecule has 1 aromatic rings. The van der Waals surface area contributed by atoms with Crippen LogP contribution in [0, 0.1) is 5.82 Å². The zero-order valence-corrected chi connectivity index (χ0v) is 9.36. The van der Waals surface area contributed by atoms with Gasteiger partial charge >= 0.3 is 0 Å². The summed E-state index contributed by atoms with van der Waals surface area (Å²) in [6, 6.07) is 3.36. The molecule has 72 valence electrons. The summed E-state index contributed by atoms with van der Waals surface area (Å²) in [6.45, 7) is 3.81. The molecular formula is C10H13BrFN. The molecule has 1 rings (SSSR count). The van der Waals surface area contributed by atoms with Gasteiger partial charge in [-0.1, -0.05) is 13.0 Å². The molecule has 0 unspecified atom stereocenters. The second kappa shape index (κ2) is 4.20. The van der Waals surface area contributed by atoms with Crippen LogP contribution in [0.4, 0.5) is 4.39 Å². The van der Waals surface area contributed by atoms with Crippen molar-refractivity contribution in [2.24, 2.45) is 5.73 Å². The minimum absolute atomic E-state index is 0.243. The van der Waals surface area contributed by atoms with Crippen LogP contribution in [-0.2, 0) is 6.42 Å². The lowest BCUT2D eigenvalue weighted by Crippen LogP contribution is -2.08. The Morgan fingerprint density at radius 1 is 1.54 bits per heavy atom. The highest BCUT2D eigenvalue weighted by molar-refractivity contribution is 9.10. The van der Waals surface area contributed by atoms with Gasteiger partial charge in [-0.05, 0) is 40.9 Å². The number of nitrogens with two attached hydrogens (primary N) is 1. The van der Waals surface area contributed by atoms with Crippen LogP contribution in [0.5, 0.6) is 0 Å². The molecule has 0 spiro atoms. The van der Waals surface area contributed by atoms with Crippen molar-refractivity contribution in [1.29, 1.82) is 0 Å². The van der Waals surface area contributed by atoms with Crippen LogP contribution >= 0.6 is 15.9 Å². The van der Waals surface area contributed by atoms with Gasteiger partial charge in [0.05, 0.1) is 4.47 Å². The third-order valence-corrected chi connectivity index (χ3v) is 2.59. The van der Waals surface area contributed by atoms with Crippen molar-refractivity contribution in [3.05, 3.63) is 33.5 Å². The molecule has 0 aromatic heterocycles. The van der Waals surface area contributed by atoms with Gasteiger partial charge in [0.25, 0.3) is 0 Å². The van der Waals surface area contributed by atoms with Gasteiger partial charge in [-0.3, -0.25) is 0 Å². The molecular weight excluding hydrogens is 233 g/mol. The molecule has 1 aromatic carbocycles. The fraction of sp³-hybridized carbons (Fsp3) is 0.400. The van der Waals surface area contributed by atoms with Crippen molar-refractivity contribution in [3.8, 4) is 0 Å². The van der Waals surface area contributed by atoms with Gasteiger partial charge < -0.3 is 5.73 Å². The summed E-state index contributed by atoms with van der Waals surface area (Å²) in [5.41, 5.74) is 7.32. The zero-order valence-electron chi connectivity index (χ0n) is 7.77. The first kappa shape index (κ1) is 10.7. The smallest absolute Gasteiger partial charge is 0.142 e. The highest BCUT2D eigenvalue weighted by Gasteiger charge is 2.11. The van der Waals surface area contributed by atoms with Gasteiger partial charge in [-0.2, -0.15) is 0 Å². The molecule has 0 aliphatic heterocycles. The number of rotatable bonds is 2.